The number of para-hydroxylation sites is 1. The third-order valence-electron chi connectivity index (χ3n) is 3.46. The van der Waals surface area contributed by atoms with E-state index in [2.05, 4.69) is 16.8 Å². The highest BCUT2D eigenvalue weighted by Crippen LogP contribution is 2.18. The Morgan fingerprint density at radius 3 is 2.57 bits per heavy atom. The average molecular weight is 304 g/mol. The molecule has 1 aromatic rings. The fraction of sp³-hybridized carbons (Fsp3) is 0.467. The Morgan fingerprint density at radius 1 is 1.14 bits per heavy atom. The van der Waals surface area contributed by atoms with Crippen molar-refractivity contribution in [1.29, 1.82) is 0 Å². The lowest BCUT2D eigenvalue weighted by Gasteiger charge is -2.28. The number of aliphatic imine (C=N–C) groups is 2. The molecule has 1 aromatic carbocycles. The number of amidine groups is 1. The summed E-state index contributed by atoms with van der Waals surface area (Å²) in [7, 11) is 2.08. The molecule has 2 aliphatic heterocycles. The Labute approximate surface area is 129 Å². The molecule has 0 radical (unpaired) electrons. The van der Waals surface area contributed by atoms with E-state index >= 15 is 0 Å². The molecule has 6 heteroatoms. The van der Waals surface area contributed by atoms with Crippen molar-refractivity contribution in [2.24, 2.45) is 9.98 Å². The van der Waals surface area contributed by atoms with E-state index < -0.39 is 0 Å². The van der Waals surface area contributed by atoms with Crippen LogP contribution in [0.5, 0.6) is 0 Å². The summed E-state index contributed by atoms with van der Waals surface area (Å²) < 4.78 is 5.43. The predicted molar refractivity (Wildman–Crippen MR) is 88.5 cm³/mol. The average Bonchev–Trinajstić information content (AvgIpc) is 2.94. The standard InChI is InChI=1S/C15H20N4OS/c1-18-9-12-21-15(18)17-14(19-7-10-20-11-8-19)16-13-5-3-2-4-6-13/h2-6H,7-12H2,1H3/b16-14-,17-15+. The first-order chi connectivity index (χ1) is 10.3. The molecular formula is C15H20N4OS. The maximum absolute atomic E-state index is 5.43. The van der Waals surface area contributed by atoms with Crippen LogP contribution in [0.1, 0.15) is 0 Å². The van der Waals surface area contributed by atoms with Gasteiger partial charge >= 0.3 is 0 Å². The number of thioether (sulfide) groups is 1. The molecule has 21 heavy (non-hydrogen) atoms. The summed E-state index contributed by atoms with van der Waals surface area (Å²) in [5, 5.41) is 1.05. The number of hydrogen-bond donors (Lipinski definition) is 0. The van der Waals surface area contributed by atoms with Crippen molar-refractivity contribution in [3.63, 3.8) is 0 Å². The number of morpholine rings is 1. The highest BCUT2D eigenvalue weighted by Gasteiger charge is 2.20. The number of benzene rings is 1. The number of rotatable bonds is 1. The van der Waals surface area contributed by atoms with E-state index in [9.17, 15) is 0 Å². The van der Waals surface area contributed by atoms with Gasteiger partial charge in [0.2, 0.25) is 5.96 Å². The van der Waals surface area contributed by atoms with Crippen LogP contribution < -0.4 is 0 Å². The number of hydrogen-bond acceptors (Lipinski definition) is 3. The van der Waals surface area contributed by atoms with Gasteiger partial charge in [0.15, 0.2) is 5.17 Å². The Balaban J connectivity index is 1.88. The largest absolute Gasteiger partial charge is 0.378 e. The van der Waals surface area contributed by atoms with Crippen LogP contribution in [-0.4, -0.2) is 66.6 Å². The third kappa shape index (κ3) is 3.77. The summed E-state index contributed by atoms with van der Waals surface area (Å²) in [5.41, 5.74) is 0.939. The van der Waals surface area contributed by atoms with Gasteiger partial charge in [-0.25, -0.2) is 4.99 Å². The minimum Gasteiger partial charge on any atom is -0.378 e. The smallest absolute Gasteiger partial charge is 0.228 e. The predicted octanol–water partition coefficient (Wildman–Crippen LogP) is 2.04. The van der Waals surface area contributed by atoms with Gasteiger partial charge in [0.05, 0.1) is 18.9 Å². The molecular weight excluding hydrogens is 284 g/mol. The van der Waals surface area contributed by atoms with Crippen LogP contribution >= 0.6 is 11.8 Å². The number of guanidine groups is 1. The van der Waals surface area contributed by atoms with Crippen molar-refractivity contribution >= 4 is 28.6 Å². The Kier molecular flexibility index (Phi) is 4.77. The van der Waals surface area contributed by atoms with Crippen LogP contribution in [0.25, 0.3) is 0 Å². The Morgan fingerprint density at radius 2 is 1.90 bits per heavy atom. The zero-order valence-corrected chi connectivity index (χ0v) is 13.1. The topological polar surface area (TPSA) is 40.4 Å². The maximum atomic E-state index is 5.43. The van der Waals surface area contributed by atoms with Gasteiger partial charge in [-0.1, -0.05) is 30.0 Å². The van der Waals surface area contributed by atoms with Crippen molar-refractivity contribution < 1.29 is 4.74 Å². The van der Waals surface area contributed by atoms with Gasteiger partial charge in [0.1, 0.15) is 0 Å². The van der Waals surface area contributed by atoms with Crippen molar-refractivity contribution in [2.75, 3.05) is 45.6 Å². The summed E-state index contributed by atoms with van der Waals surface area (Å²) in [6.07, 6.45) is 0. The first-order valence-electron chi connectivity index (χ1n) is 7.22. The minimum absolute atomic E-state index is 0.738. The lowest BCUT2D eigenvalue weighted by atomic mass is 10.3. The minimum atomic E-state index is 0.738. The molecule has 0 saturated carbocycles. The highest BCUT2D eigenvalue weighted by molar-refractivity contribution is 8.14. The molecule has 0 atom stereocenters. The van der Waals surface area contributed by atoms with Crippen LogP contribution in [0.2, 0.25) is 0 Å². The summed E-state index contributed by atoms with van der Waals surface area (Å²) in [5.74, 6) is 1.89. The van der Waals surface area contributed by atoms with Gasteiger partial charge in [-0.3, -0.25) is 0 Å². The second-order valence-corrected chi connectivity index (χ2v) is 6.07. The fourth-order valence-electron chi connectivity index (χ4n) is 2.23. The molecule has 0 N–H and O–H groups in total. The quantitative estimate of drug-likeness (QED) is 0.588. The number of ether oxygens (including phenoxy) is 1. The number of nitrogens with zero attached hydrogens (tertiary/aromatic N) is 4. The first-order valence-corrected chi connectivity index (χ1v) is 8.20. The van der Waals surface area contributed by atoms with Crippen LogP contribution in [-0.2, 0) is 4.74 Å². The van der Waals surface area contributed by atoms with Gasteiger partial charge in [-0.2, -0.15) is 4.99 Å². The molecule has 3 rings (SSSR count). The van der Waals surface area contributed by atoms with Crippen LogP contribution in [0.3, 0.4) is 0 Å². The van der Waals surface area contributed by atoms with E-state index in [4.69, 9.17) is 14.7 Å². The monoisotopic (exact) mass is 304 g/mol. The van der Waals surface area contributed by atoms with Crippen molar-refractivity contribution in [3.05, 3.63) is 30.3 Å². The van der Waals surface area contributed by atoms with E-state index in [1.807, 2.05) is 30.3 Å². The van der Waals surface area contributed by atoms with Gasteiger partial charge in [-0.15, -0.1) is 0 Å². The second kappa shape index (κ2) is 6.95. The molecule has 0 aromatic heterocycles. The summed E-state index contributed by atoms with van der Waals surface area (Å²) in [6.45, 7) is 4.21. The molecule has 5 nitrogen and oxygen atoms in total. The summed E-state index contributed by atoms with van der Waals surface area (Å²) in [6, 6.07) is 10.0. The van der Waals surface area contributed by atoms with E-state index in [0.29, 0.717) is 0 Å². The lowest BCUT2D eigenvalue weighted by molar-refractivity contribution is 0.0676. The zero-order chi connectivity index (χ0) is 14.5. The molecule has 0 aliphatic carbocycles. The van der Waals surface area contributed by atoms with Gasteiger partial charge in [0, 0.05) is 32.4 Å². The van der Waals surface area contributed by atoms with Crippen molar-refractivity contribution in [1.82, 2.24) is 9.80 Å². The normalized spacial score (nSPS) is 22.1. The SMILES string of the molecule is CN1CCS/C1=N/C(=N/c1ccccc1)N1CCOCC1. The van der Waals surface area contributed by atoms with Gasteiger partial charge < -0.3 is 14.5 Å². The van der Waals surface area contributed by atoms with Crippen LogP contribution in [0.15, 0.2) is 40.3 Å². The molecule has 2 saturated heterocycles. The van der Waals surface area contributed by atoms with Crippen molar-refractivity contribution in [3.8, 4) is 0 Å². The zero-order valence-electron chi connectivity index (χ0n) is 12.2. The summed E-state index contributed by atoms with van der Waals surface area (Å²) >= 11 is 1.79. The van der Waals surface area contributed by atoms with Crippen LogP contribution in [0.4, 0.5) is 5.69 Å². The van der Waals surface area contributed by atoms with E-state index in [1.54, 1.807) is 11.8 Å². The second-order valence-electron chi connectivity index (χ2n) is 5.01. The Hall–Kier alpha value is -1.53. The molecule has 0 spiro atoms. The summed E-state index contributed by atoms with van der Waals surface area (Å²) in [4.78, 5) is 13.9. The van der Waals surface area contributed by atoms with Crippen molar-refractivity contribution in [2.45, 2.75) is 0 Å². The molecule has 2 fully saturated rings. The first kappa shape index (κ1) is 14.4. The van der Waals surface area contributed by atoms with E-state index in [1.165, 1.54) is 0 Å². The Bertz CT molecular complexity index is 526. The highest BCUT2D eigenvalue weighted by atomic mass is 32.2. The van der Waals surface area contributed by atoms with Crippen LogP contribution in [0, 0.1) is 0 Å². The van der Waals surface area contributed by atoms with E-state index in [-0.39, 0.29) is 0 Å². The lowest BCUT2D eigenvalue weighted by Crippen LogP contribution is -2.40. The molecule has 0 amide bonds. The van der Waals surface area contributed by atoms with E-state index in [0.717, 1.165) is 55.4 Å². The van der Waals surface area contributed by atoms with Gasteiger partial charge in [-0.05, 0) is 12.1 Å². The maximum Gasteiger partial charge on any atom is 0.228 e. The van der Waals surface area contributed by atoms with Gasteiger partial charge in [0.25, 0.3) is 0 Å². The third-order valence-corrected chi connectivity index (χ3v) is 4.51. The molecule has 0 bridgehead atoms. The molecule has 0 unspecified atom stereocenters. The molecule has 2 heterocycles. The molecule has 2 aliphatic rings. The fourth-order valence-corrected chi connectivity index (χ4v) is 3.24. The molecule has 112 valence electrons.